The quantitative estimate of drug-likeness (QED) is 0.574. The summed E-state index contributed by atoms with van der Waals surface area (Å²) in [6.45, 7) is 0. The summed E-state index contributed by atoms with van der Waals surface area (Å²) in [6, 6.07) is 0. The molecule has 72 valence electrons. The Bertz CT molecular complexity index is 235. The van der Waals surface area contributed by atoms with E-state index in [2.05, 4.69) is 0 Å². The lowest BCUT2D eigenvalue weighted by Crippen LogP contribution is -2.30. The molecule has 4 rings (SSSR count). The van der Waals surface area contributed by atoms with Gasteiger partial charge >= 0.3 is 0 Å². The lowest BCUT2D eigenvalue weighted by atomic mass is 9.79. The van der Waals surface area contributed by atoms with Crippen LogP contribution in [0.3, 0.4) is 0 Å². The van der Waals surface area contributed by atoms with Crippen molar-refractivity contribution in [3.8, 4) is 0 Å². The van der Waals surface area contributed by atoms with Crippen molar-refractivity contribution < 1.29 is 10.2 Å². The van der Waals surface area contributed by atoms with E-state index >= 15 is 0 Å². The van der Waals surface area contributed by atoms with Crippen molar-refractivity contribution in [3.63, 3.8) is 0 Å². The van der Waals surface area contributed by atoms with Crippen LogP contribution in [0, 0.1) is 35.5 Å². The zero-order chi connectivity index (χ0) is 8.74. The first kappa shape index (κ1) is 7.24. The summed E-state index contributed by atoms with van der Waals surface area (Å²) in [5, 5.41) is 19.9. The summed E-state index contributed by atoms with van der Waals surface area (Å²) in [6.07, 6.45) is 3.24. The standard InChI is InChI=1S/C11H16O2/c12-8-2-4-5-3-9(13)11-7(5)1-6(4)10(8)11/h4-13H,1-3H2/t4-,5-,6-,7+,8+,9-,10+,11-/m0/s1. The van der Waals surface area contributed by atoms with Crippen LogP contribution in [0.4, 0.5) is 0 Å². The molecule has 2 nitrogen and oxygen atoms in total. The van der Waals surface area contributed by atoms with Crippen LogP contribution in [0.15, 0.2) is 0 Å². The van der Waals surface area contributed by atoms with E-state index in [0.717, 1.165) is 36.5 Å². The number of aliphatic hydroxyl groups excluding tert-OH is 2. The van der Waals surface area contributed by atoms with Crippen LogP contribution < -0.4 is 0 Å². The number of rotatable bonds is 0. The van der Waals surface area contributed by atoms with Gasteiger partial charge in [0.25, 0.3) is 0 Å². The number of hydrogen-bond donors (Lipinski definition) is 2. The Morgan fingerprint density at radius 2 is 1.08 bits per heavy atom. The summed E-state index contributed by atoms with van der Waals surface area (Å²) in [5.74, 6) is 4.07. The molecular weight excluding hydrogens is 164 g/mol. The van der Waals surface area contributed by atoms with Crippen LogP contribution in [-0.4, -0.2) is 22.4 Å². The van der Waals surface area contributed by atoms with Crippen molar-refractivity contribution in [2.45, 2.75) is 31.5 Å². The average molecular weight is 180 g/mol. The van der Waals surface area contributed by atoms with Gasteiger partial charge in [-0.1, -0.05) is 0 Å². The molecular formula is C11H16O2. The summed E-state index contributed by atoms with van der Waals surface area (Å²) >= 11 is 0. The van der Waals surface area contributed by atoms with Gasteiger partial charge in [-0.25, -0.2) is 0 Å². The molecule has 0 heterocycles. The zero-order valence-electron chi connectivity index (χ0n) is 7.63. The SMILES string of the molecule is O[C@@H]1C[C@H]2[C@@H]3C[C@H](O)[C@@H]4[C@@H]3C[C@@H]2[C@@H]41. The highest BCUT2D eigenvalue weighted by Crippen LogP contribution is 2.70. The van der Waals surface area contributed by atoms with Gasteiger partial charge in [0.2, 0.25) is 0 Å². The van der Waals surface area contributed by atoms with Gasteiger partial charge in [0.05, 0.1) is 12.2 Å². The first-order chi connectivity index (χ1) is 6.27. The number of fused-ring (bicyclic) bond motifs is 2. The number of aliphatic hydroxyl groups is 2. The second-order valence-electron chi connectivity index (χ2n) is 5.65. The maximum absolute atomic E-state index is 9.93. The van der Waals surface area contributed by atoms with Crippen molar-refractivity contribution in [2.75, 3.05) is 0 Å². The van der Waals surface area contributed by atoms with E-state index in [1.807, 2.05) is 0 Å². The molecule has 4 aliphatic rings. The van der Waals surface area contributed by atoms with Crippen LogP contribution in [0.5, 0.6) is 0 Å². The Labute approximate surface area is 78.0 Å². The van der Waals surface area contributed by atoms with Crippen LogP contribution in [0.1, 0.15) is 19.3 Å². The molecule has 13 heavy (non-hydrogen) atoms. The van der Waals surface area contributed by atoms with E-state index in [-0.39, 0.29) is 12.2 Å². The predicted molar refractivity (Wildman–Crippen MR) is 46.8 cm³/mol. The molecule has 8 atom stereocenters. The topological polar surface area (TPSA) is 40.5 Å². The van der Waals surface area contributed by atoms with Gasteiger partial charge in [-0.15, -0.1) is 0 Å². The highest BCUT2D eigenvalue weighted by atomic mass is 16.3. The molecule has 0 aliphatic heterocycles. The molecule has 4 aliphatic carbocycles. The summed E-state index contributed by atoms with van der Waals surface area (Å²) < 4.78 is 0. The number of hydrogen-bond acceptors (Lipinski definition) is 2. The predicted octanol–water partition coefficient (Wildman–Crippen LogP) is 0.630. The smallest absolute Gasteiger partial charge is 0.0577 e. The Balaban J connectivity index is 1.86. The monoisotopic (exact) mass is 180 g/mol. The van der Waals surface area contributed by atoms with Gasteiger partial charge in [-0.05, 0) is 54.8 Å². The Hall–Kier alpha value is -0.0800. The van der Waals surface area contributed by atoms with Gasteiger partial charge in [-0.3, -0.25) is 0 Å². The summed E-state index contributed by atoms with van der Waals surface area (Å²) in [7, 11) is 0. The van der Waals surface area contributed by atoms with Crippen molar-refractivity contribution in [1.29, 1.82) is 0 Å². The molecule has 4 fully saturated rings. The molecule has 0 aromatic carbocycles. The molecule has 4 saturated carbocycles. The third-order valence-electron chi connectivity index (χ3n) is 5.54. The zero-order valence-corrected chi connectivity index (χ0v) is 7.63. The van der Waals surface area contributed by atoms with E-state index in [1.165, 1.54) is 6.42 Å². The van der Waals surface area contributed by atoms with Crippen molar-refractivity contribution >= 4 is 0 Å². The van der Waals surface area contributed by atoms with Crippen molar-refractivity contribution in [3.05, 3.63) is 0 Å². The van der Waals surface area contributed by atoms with E-state index < -0.39 is 0 Å². The molecule has 0 aromatic heterocycles. The fourth-order valence-electron chi connectivity index (χ4n) is 5.41. The van der Waals surface area contributed by atoms with E-state index in [1.54, 1.807) is 0 Å². The van der Waals surface area contributed by atoms with E-state index in [9.17, 15) is 10.2 Å². The third kappa shape index (κ3) is 0.608. The van der Waals surface area contributed by atoms with Gasteiger partial charge in [0, 0.05) is 0 Å². The fourth-order valence-corrected chi connectivity index (χ4v) is 5.41. The average Bonchev–Trinajstić information content (AvgIpc) is 2.67. The van der Waals surface area contributed by atoms with Gasteiger partial charge in [-0.2, -0.15) is 0 Å². The van der Waals surface area contributed by atoms with E-state index in [0.29, 0.717) is 11.8 Å². The van der Waals surface area contributed by atoms with Gasteiger partial charge < -0.3 is 10.2 Å². The van der Waals surface area contributed by atoms with Crippen LogP contribution in [0.2, 0.25) is 0 Å². The lowest BCUT2D eigenvalue weighted by Gasteiger charge is -2.27. The first-order valence-electron chi connectivity index (χ1n) is 5.63. The maximum atomic E-state index is 9.93. The van der Waals surface area contributed by atoms with Crippen molar-refractivity contribution in [1.82, 2.24) is 0 Å². The fraction of sp³-hybridized carbons (Fsp3) is 1.00. The minimum atomic E-state index is -0.0788. The third-order valence-corrected chi connectivity index (χ3v) is 5.54. The Kier molecular flexibility index (Phi) is 1.09. The van der Waals surface area contributed by atoms with Gasteiger partial charge in [0.15, 0.2) is 0 Å². The molecule has 0 radical (unpaired) electrons. The first-order valence-corrected chi connectivity index (χ1v) is 5.63. The van der Waals surface area contributed by atoms with Crippen LogP contribution >= 0.6 is 0 Å². The Morgan fingerprint density at radius 3 is 1.54 bits per heavy atom. The maximum Gasteiger partial charge on any atom is 0.0577 e. The second kappa shape index (κ2) is 1.96. The van der Waals surface area contributed by atoms with Crippen LogP contribution in [-0.2, 0) is 0 Å². The lowest BCUT2D eigenvalue weighted by molar-refractivity contribution is 0.0365. The molecule has 0 saturated heterocycles. The highest BCUT2D eigenvalue weighted by molar-refractivity contribution is 5.17. The van der Waals surface area contributed by atoms with Gasteiger partial charge in [0.1, 0.15) is 0 Å². The van der Waals surface area contributed by atoms with Crippen LogP contribution in [0.25, 0.3) is 0 Å². The molecule has 2 heteroatoms. The molecule has 0 spiro atoms. The highest BCUT2D eigenvalue weighted by Gasteiger charge is 2.68. The largest absolute Gasteiger partial charge is 0.393 e. The molecule has 2 bridgehead atoms. The summed E-state index contributed by atoms with van der Waals surface area (Å²) in [4.78, 5) is 0. The Morgan fingerprint density at radius 1 is 0.615 bits per heavy atom. The summed E-state index contributed by atoms with van der Waals surface area (Å²) in [5.41, 5.74) is 0. The molecule has 0 amide bonds. The molecule has 0 aromatic rings. The minimum absolute atomic E-state index is 0.0788. The van der Waals surface area contributed by atoms with Crippen molar-refractivity contribution in [2.24, 2.45) is 35.5 Å². The molecule has 0 unspecified atom stereocenters. The second-order valence-corrected chi connectivity index (χ2v) is 5.65. The van der Waals surface area contributed by atoms with E-state index in [4.69, 9.17) is 0 Å². The minimum Gasteiger partial charge on any atom is -0.393 e. The normalized spacial score (nSPS) is 72.5. The molecule has 2 N–H and O–H groups in total.